The molecule has 0 aromatic heterocycles. The molecule has 1 N–H and O–H groups in total. The molecule has 2 nitrogen and oxygen atoms in total. The Kier molecular flexibility index (Phi) is 3.18. The van der Waals surface area contributed by atoms with Crippen molar-refractivity contribution in [2.45, 2.75) is 20.4 Å². The molecule has 0 bridgehead atoms. The minimum absolute atomic E-state index is 0.117. The second-order valence-electron chi connectivity index (χ2n) is 3.38. The largest absolute Gasteiger partial charge is 0.314 e. The first kappa shape index (κ1) is 11.1. The first-order valence-electron chi connectivity index (χ1n) is 4.27. The minimum Gasteiger partial charge on any atom is -0.314 e. The van der Waals surface area contributed by atoms with Crippen LogP contribution in [0.25, 0.3) is 0 Å². The van der Waals surface area contributed by atoms with Gasteiger partial charge in [0.1, 0.15) is 11.6 Å². The second-order valence-corrected chi connectivity index (χ2v) is 3.38. The van der Waals surface area contributed by atoms with E-state index < -0.39 is 11.6 Å². The Bertz CT molecular complexity index is 324. The van der Waals surface area contributed by atoms with Crippen LogP contribution in [0.3, 0.4) is 0 Å². The van der Waals surface area contributed by atoms with Crippen LogP contribution in [0.2, 0.25) is 0 Å². The van der Waals surface area contributed by atoms with Gasteiger partial charge >= 0.3 is 0 Å². The van der Waals surface area contributed by atoms with Crippen molar-refractivity contribution in [3.8, 4) is 0 Å². The lowest BCUT2D eigenvalue weighted by Gasteiger charge is -2.14. The number of hydrogen-bond donors (Lipinski definition) is 1. The lowest BCUT2D eigenvalue weighted by atomic mass is 10.0. The van der Waals surface area contributed by atoms with Crippen LogP contribution in [0.1, 0.15) is 16.7 Å². The molecule has 78 valence electrons. The molecule has 0 atom stereocenters. The van der Waals surface area contributed by atoms with Gasteiger partial charge in [-0.05, 0) is 30.5 Å². The number of rotatable bonds is 2. The van der Waals surface area contributed by atoms with E-state index >= 15 is 0 Å². The summed E-state index contributed by atoms with van der Waals surface area (Å²) in [5.41, 5.74) is 1.25. The Hall–Kier alpha value is -1.00. The highest BCUT2D eigenvalue weighted by Gasteiger charge is 2.13. The maximum absolute atomic E-state index is 13.1. The summed E-state index contributed by atoms with van der Waals surface area (Å²) in [5, 5.41) is 9.92. The van der Waals surface area contributed by atoms with Crippen LogP contribution in [0.15, 0.2) is 6.07 Å². The lowest BCUT2D eigenvalue weighted by molar-refractivity contribution is -0.0735. The van der Waals surface area contributed by atoms with E-state index in [1.807, 2.05) is 0 Å². The molecule has 1 aromatic rings. The second kappa shape index (κ2) is 4.02. The topological polar surface area (TPSA) is 23.5 Å². The van der Waals surface area contributed by atoms with E-state index in [2.05, 4.69) is 0 Å². The Labute approximate surface area is 81.7 Å². The molecule has 0 heterocycles. The SMILES string of the molecule is Cc1c(F)cc(F)c(C)c1CN(C)O. The summed E-state index contributed by atoms with van der Waals surface area (Å²) in [6.45, 7) is 3.26. The molecule has 0 fully saturated rings. The number of hydroxylamine groups is 2. The number of halogens is 2. The van der Waals surface area contributed by atoms with Gasteiger partial charge in [0.2, 0.25) is 0 Å². The molecule has 0 spiro atoms. The molecule has 0 unspecified atom stereocenters. The first-order chi connectivity index (χ1) is 6.43. The molecule has 0 radical (unpaired) electrons. The number of nitrogens with zero attached hydrogens (tertiary/aromatic N) is 1. The normalized spacial score (nSPS) is 11.1. The van der Waals surface area contributed by atoms with Crippen molar-refractivity contribution in [2.75, 3.05) is 7.05 Å². The van der Waals surface area contributed by atoms with Crippen LogP contribution in [-0.2, 0) is 6.54 Å². The van der Waals surface area contributed by atoms with Gasteiger partial charge in [0.25, 0.3) is 0 Å². The van der Waals surface area contributed by atoms with Crippen molar-refractivity contribution >= 4 is 0 Å². The molecule has 0 saturated carbocycles. The summed E-state index contributed by atoms with van der Waals surface area (Å²) < 4.78 is 26.3. The summed E-state index contributed by atoms with van der Waals surface area (Å²) >= 11 is 0. The molecule has 0 aliphatic rings. The minimum atomic E-state index is -0.579. The number of benzene rings is 1. The van der Waals surface area contributed by atoms with E-state index in [1.165, 1.54) is 7.05 Å². The van der Waals surface area contributed by atoms with Gasteiger partial charge in [-0.15, -0.1) is 0 Å². The van der Waals surface area contributed by atoms with E-state index in [0.29, 0.717) is 16.7 Å². The van der Waals surface area contributed by atoms with Gasteiger partial charge in [-0.2, -0.15) is 5.06 Å². The Balaban J connectivity index is 3.25. The van der Waals surface area contributed by atoms with Crippen LogP contribution in [0, 0.1) is 25.5 Å². The van der Waals surface area contributed by atoms with E-state index in [9.17, 15) is 8.78 Å². The zero-order chi connectivity index (χ0) is 10.9. The third kappa shape index (κ3) is 2.08. The Morgan fingerprint density at radius 1 is 1.21 bits per heavy atom. The van der Waals surface area contributed by atoms with E-state index in [-0.39, 0.29) is 6.54 Å². The molecule has 0 amide bonds. The quantitative estimate of drug-likeness (QED) is 0.743. The average Bonchev–Trinajstić information content (AvgIpc) is 2.09. The molecule has 1 rings (SSSR count). The highest BCUT2D eigenvalue weighted by molar-refractivity contribution is 5.35. The summed E-state index contributed by atoms with van der Waals surface area (Å²) in [7, 11) is 1.43. The van der Waals surface area contributed by atoms with Crippen LogP contribution in [0.4, 0.5) is 8.78 Å². The summed E-state index contributed by atoms with van der Waals surface area (Å²) in [4.78, 5) is 0. The zero-order valence-corrected chi connectivity index (χ0v) is 8.43. The van der Waals surface area contributed by atoms with E-state index in [1.54, 1.807) is 13.8 Å². The molecular weight excluding hydrogens is 188 g/mol. The first-order valence-corrected chi connectivity index (χ1v) is 4.27. The lowest BCUT2D eigenvalue weighted by Crippen LogP contribution is -2.15. The van der Waals surface area contributed by atoms with Gasteiger partial charge < -0.3 is 5.21 Å². The van der Waals surface area contributed by atoms with E-state index in [0.717, 1.165) is 11.1 Å². The third-order valence-electron chi connectivity index (χ3n) is 2.26. The van der Waals surface area contributed by atoms with Crippen molar-refractivity contribution in [2.24, 2.45) is 0 Å². The van der Waals surface area contributed by atoms with Crippen LogP contribution in [0.5, 0.6) is 0 Å². The van der Waals surface area contributed by atoms with Gasteiger partial charge in [0.05, 0.1) is 0 Å². The zero-order valence-electron chi connectivity index (χ0n) is 8.43. The van der Waals surface area contributed by atoms with Crippen LogP contribution in [-0.4, -0.2) is 17.3 Å². The fourth-order valence-corrected chi connectivity index (χ4v) is 1.36. The smallest absolute Gasteiger partial charge is 0.129 e. The third-order valence-corrected chi connectivity index (χ3v) is 2.26. The fourth-order valence-electron chi connectivity index (χ4n) is 1.36. The summed E-state index contributed by atoms with van der Waals surface area (Å²) in [5.74, 6) is -1.16. The van der Waals surface area contributed by atoms with Gasteiger partial charge in [0, 0.05) is 19.7 Å². The maximum Gasteiger partial charge on any atom is 0.129 e. The highest BCUT2D eigenvalue weighted by atomic mass is 19.1. The molecular formula is C10H13F2NO. The summed E-state index contributed by atoms with van der Waals surface area (Å²) in [6.07, 6.45) is 0. The predicted molar refractivity (Wildman–Crippen MR) is 49.1 cm³/mol. The molecule has 0 aliphatic carbocycles. The fraction of sp³-hybridized carbons (Fsp3) is 0.400. The highest BCUT2D eigenvalue weighted by Crippen LogP contribution is 2.21. The van der Waals surface area contributed by atoms with Crippen LogP contribution >= 0.6 is 0 Å². The van der Waals surface area contributed by atoms with Gasteiger partial charge in [-0.3, -0.25) is 0 Å². The summed E-state index contributed by atoms with van der Waals surface area (Å²) in [6, 6.07) is 0.867. The van der Waals surface area contributed by atoms with Crippen molar-refractivity contribution in [3.63, 3.8) is 0 Å². The van der Waals surface area contributed by atoms with Gasteiger partial charge in [-0.1, -0.05) is 0 Å². The molecule has 1 aromatic carbocycles. The molecule has 4 heteroatoms. The van der Waals surface area contributed by atoms with Crippen molar-refractivity contribution in [1.82, 2.24) is 5.06 Å². The van der Waals surface area contributed by atoms with Crippen molar-refractivity contribution in [3.05, 3.63) is 34.4 Å². The van der Waals surface area contributed by atoms with Gasteiger partial charge in [0.15, 0.2) is 0 Å². The van der Waals surface area contributed by atoms with Crippen LogP contribution < -0.4 is 0 Å². The molecule has 14 heavy (non-hydrogen) atoms. The monoisotopic (exact) mass is 201 g/mol. The Morgan fingerprint density at radius 3 is 2.00 bits per heavy atom. The van der Waals surface area contributed by atoms with Gasteiger partial charge in [-0.25, -0.2) is 8.78 Å². The van der Waals surface area contributed by atoms with Crippen molar-refractivity contribution in [1.29, 1.82) is 0 Å². The standard InChI is InChI=1S/C10H13F2NO/c1-6-8(5-13(3)14)7(2)10(12)4-9(6)11/h4,14H,5H2,1-3H3. The maximum atomic E-state index is 13.1. The number of hydrogen-bond acceptors (Lipinski definition) is 2. The predicted octanol–water partition coefficient (Wildman–Crippen LogP) is 2.40. The molecule has 0 aliphatic heterocycles. The molecule has 0 saturated heterocycles. The average molecular weight is 201 g/mol. The Morgan fingerprint density at radius 2 is 1.64 bits per heavy atom. The van der Waals surface area contributed by atoms with E-state index in [4.69, 9.17) is 5.21 Å². The van der Waals surface area contributed by atoms with Crippen molar-refractivity contribution < 1.29 is 14.0 Å².